The van der Waals surface area contributed by atoms with E-state index in [0.29, 0.717) is 5.95 Å². The van der Waals surface area contributed by atoms with Gasteiger partial charge in [0.25, 0.3) is 0 Å². The quantitative estimate of drug-likeness (QED) is 0.876. The van der Waals surface area contributed by atoms with Crippen LogP contribution in [-0.2, 0) is 10.2 Å². The van der Waals surface area contributed by atoms with Gasteiger partial charge in [-0.25, -0.2) is 9.97 Å². The van der Waals surface area contributed by atoms with E-state index < -0.39 is 0 Å². The average molecular weight is 376 g/mol. The van der Waals surface area contributed by atoms with E-state index >= 15 is 0 Å². The number of benzene rings is 1. The first-order chi connectivity index (χ1) is 11.1. The van der Waals surface area contributed by atoms with Crippen molar-refractivity contribution in [2.45, 2.75) is 32.1 Å². The van der Waals surface area contributed by atoms with Crippen LogP contribution >= 0.6 is 15.9 Å². The van der Waals surface area contributed by atoms with Crippen molar-refractivity contribution in [1.82, 2.24) is 9.97 Å². The first-order valence-corrected chi connectivity index (χ1v) is 8.77. The Hall–Kier alpha value is -1.46. The molecule has 2 aromatic rings. The molecule has 1 N–H and O–H groups in total. The highest BCUT2D eigenvalue weighted by Crippen LogP contribution is 2.36. The first kappa shape index (κ1) is 16.4. The van der Waals surface area contributed by atoms with E-state index in [4.69, 9.17) is 4.74 Å². The van der Waals surface area contributed by atoms with E-state index in [-0.39, 0.29) is 5.41 Å². The molecule has 0 aliphatic carbocycles. The monoisotopic (exact) mass is 375 g/mol. The van der Waals surface area contributed by atoms with Gasteiger partial charge in [-0.1, -0.05) is 28.1 Å². The largest absolute Gasteiger partial charge is 0.381 e. The van der Waals surface area contributed by atoms with Crippen molar-refractivity contribution in [2.24, 2.45) is 0 Å². The summed E-state index contributed by atoms with van der Waals surface area (Å²) in [6.07, 6.45) is 2.00. The van der Waals surface area contributed by atoms with Crippen LogP contribution in [-0.4, -0.2) is 29.7 Å². The third-order valence-corrected chi connectivity index (χ3v) is 4.95. The molecule has 0 spiro atoms. The van der Waals surface area contributed by atoms with Crippen molar-refractivity contribution in [3.63, 3.8) is 0 Å². The molecule has 1 aliphatic rings. The summed E-state index contributed by atoms with van der Waals surface area (Å²) in [6, 6.07) is 10.6. The lowest BCUT2D eigenvalue weighted by Crippen LogP contribution is -2.40. The molecule has 0 bridgehead atoms. The van der Waals surface area contributed by atoms with Gasteiger partial charge in [0.1, 0.15) is 0 Å². The summed E-state index contributed by atoms with van der Waals surface area (Å²) in [7, 11) is 0. The Kier molecular flexibility index (Phi) is 4.97. The third-order valence-electron chi connectivity index (χ3n) is 4.45. The molecule has 3 rings (SSSR count). The van der Waals surface area contributed by atoms with Gasteiger partial charge in [0.05, 0.1) is 0 Å². The zero-order valence-corrected chi connectivity index (χ0v) is 15.2. The minimum Gasteiger partial charge on any atom is -0.381 e. The van der Waals surface area contributed by atoms with Gasteiger partial charge in [0.15, 0.2) is 0 Å². The highest BCUT2D eigenvalue weighted by atomic mass is 79.9. The third kappa shape index (κ3) is 3.90. The summed E-state index contributed by atoms with van der Waals surface area (Å²) < 4.78 is 6.71. The molecule has 5 heteroatoms. The molecule has 2 heterocycles. The molecular weight excluding hydrogens is 354 g/mol. The van der Waals surface area contributed by atoms with Gasteiger partial charge in [0, 0.05) is 41.0 Å². The van der Waals surface area contributed by atoms with Crippen LogP contribution in [0.4, 0.5) is 5.95 Å². The minimum atomic E-state index is 0.0586. The summed E-state index contributed by atoms with van der Waals surface area (Å²) in [5.41, 5.74) is 3.38. The lowest BCUT2D eigenvalue weighted by atomic mass is 9.74. The first-order valence-electron chi connectivity index (χ1n) is 7.97. The van der Waals surface area contributed by atoms with E-state index in [1.165, 1.54) is 5.56 Å². The van der Waals surface area contributed by atoms with Crippen LogP contribution in [0.25, 0.3) is 0 Å². The van der Waals surface area contributed by atoms with Crippen LogP contribution in [0.3, 0.4) is 0 Å². The standard InChI is InChI=1S/C18H22BrN3O/c1-13-10-14(2)22-17(21-13)20-12-18(6-8-23-9-7-18)15-4-3-5-16(19)11-15/h3-5,10-11H,6-9,12H2,1-2H3,(H,20,21,22). The summed E-state index contributed by atoms with van der Waals surface area (Å²) in [5.74, 6) is 0.711. The van der Waals surface area contributed by atoms with E-state index in [1.54, 1.807) is 0 Å². The fourth-order valence-electron chi connectivity index (χ4n) is 3.20. The van der Waals surface area contributed by atoms with E-state index in [2.05, 4.69) is 55.5 Å². The number of aryl methyl sites for hydroxylation is 2. The Morgan fingerprint density at radius 1 is 1.13 bits per heavy atom. The highest BCUT2D eigenvalue weighted by Gasteiger charge is 2.34. The fraction of sp³-hybridized carbons (Fsp3) is 0.444. The molecule has 1 aliphatic heterocycles. The molecule has 122 valence electrons. The smallest absolute Gasteiger partial charge is 0.223 e. The van der Waals surface area contributed by atoms with E-state index in [9.17, 15) is 0 Å². The van der Waals surface area contributed by atoms with Crippen LogP contribution in [0, 0.1) is 13.8 Å². The van der Waals surface area contributed by atoms with Crippen molar-refractivity contribution in [2.75, 3.05) is 25.1 Å². The second-order valence-corrected chi connectivity index (χ2v) is 7.15. The topological polar surface area (TPSA) is 47.0 Å². The lowest BCUT2D eigenvalue weighted by Gasteiger charge is -2.38. The van der Waals surface area contributed by atoms with Crippen LogP contribution in [0.1, 0.15) is 29.8 Å². The second kappa shape index (κ2) is 6.97. The Morgan fingerprint density at radius 2 is 1.83 bits per heavy atom. The van der Waals surface area contributed by atoms with Crippen LogP contribution < -0.4 is 5.32 Å². The van der Waals surface area contributed by atoms with Crippen molar-refractivity contribution < 1.29 is 4.74 Å². The maximum atomic E-state index is 5.60. The van der Waals surface area contributed by atoms with Crippen LogP contribution in [0.15, 0.2) is 34.8 Å². The van der Waals surface area contributed by atoms with Gasteiger partial charge in [0.2, 0.25) is 5.95 Å². The maximum absolute atomic E-state index is 5.60. The molecule has 1 aromatic heterocycles. The normalized spacial score (nSPS) is 17.0. The number of anilines is 1. The number of nitrogens with one attached hydrogen (secondary N) is 1. The Morgan fingerprint density at radius 3 is 2.48 bits per heavy atom. The number of rotatable bonds is 4. The molecule has 1 fully saturated rings. The number of halogens is 1. The van der Waals surface area contributed by atoms with Crippen molar-refractivity contribution in [3.05, 3.63) is 51.8 Å². The zero-order chi connectivity index (χ0) is 16.3. The van der Waals surface area contributed by atoms with Gasteiger partial charge < -0.3 is 10.1 Å². The van der Waals surface area contributed by atoms with Gasteiger partial charge in [-0.2, -0.15) is 0 Å². The summed E-state index contributed by atoms with van der Waals surface area (Å²) >= 11 is 3.59. The molecule has 0 saturated carbocycles. The van der Waals surface area contributed by atoms with Crippen LogP contribution in [0.5, 0.6) is 0 Å². The van der Waals surface area contributed by atoms with Gasteiger partial charge in [-0.3, -0.25) is 0 Å². The molecule has 4 nitrogen and oxygen atoms in total. The van der Waals surface area contributed by atoms with Crippen molar-refractivity contribution in [1.29, 1.82) is 0 Å². The van der Waals surface area contributed by atoms with Gasteiger partial charge in [-0.15, -0.1) is 0 Å². The number of aromatic nitrogens is 2. The number of hydrogen-bond acceptors (Lipinski definition) is 4. The molecule has 23 heavy (non-hydrogen) atoms. The Balaban J connectivity index is 1.84. The summed E-state index contributed by atoms with van der Waals surface area (Å²) in [4.78, 5) is 9.00. The molecule has 0 atom stereocenters. The molecule has 1 aromatic carbocycles. The second-order valence-electron chi connectivity index (χ2n) is 6.23. The molecular formula is C18H22BrN3O. The number of ether oxygens (including phenoxy) is 1. The Bertz CT molecular complexity index is 663. The van der Waals surface area contributed by atoms with E-state index in [1.807, 2.05) is 19.9 Å². The van der Waals surface area contributed by atoms with Crippen LogP contribution in [0.2, 0.25) is 0 Å². The molecule has 0 unspecified atom stereocenters. The summed E-state index contributed by atoms with van der Waals surface area (Å²) in [6.45, 7) is 6.40. The number of hydrogen-bond donors (Lipinski definition) is 1. The predicted octanol–water partition coefficient (Wildman–Crippen LogP) is 4.02. The Labute approximate surface area is 145 Å². The van der Waals surface area contributed by atoms with Crippen molar-refractivity contribution in [3.8, 4) is 0 Å². The van der Waals surface area contributed by atoms with Crippen molar-refractivity contribution >= 4 is 21.9 Å². The molecule has 1 saturated heterocycles. The molecule has 0 radical (unpaired) electrons. The zero-order valence-electron chi connectivity index (χ0n) is 13.6. The minimum absolute atomic E-state index is 0.0586. The predicted molar refractivity (Wildman–Crippen MR) is 95.9 cm³/mol. The summed E-state index contributed by atoms with van der Waals surface area (Å²) in [5, 5.41) is 3.46. The maximum Gasteiger partial charge on any atom is 0.223 e. The van der Waals surface area contributed by atoms with Gasteiger partial charge in [-0.05, 0) is 50.5 Å². The highest BCUT2D eigenvalue weighted by molar-refractivity contribution is 9.10. The molecule has 0 amide bonds. The number of nitrogens with zero attached hydrogens (tertiary/aromatic N) is 2. The lowest BCUT2D eigenvalue weighted by molar-refractivity contribution is 0.0543. The van der Waals surface area contributed by atoms with E-state index in [0.717, 1.165) is 48.5 Å². The fourth-order valence-corrected chi connectivity index (χ4v) is 3.60. The van der Waals surface area contributed by atoms with Gasteiger partial charge >= 0.3 is 0 Å². The SMILES string of the molecule is Cc1cc(C)nc(NCC2(c3cccc(Br)c3)CCOCC2)n1. The average Bonchev–Trinajstić information content (AvgIpc) is 2.53.